The van der Waals surface area contributed by atoms with Crippen LogP contribution in [0, 0.1) is 0 Å². The molecule has 2 radical (unpaired) electrons. The van der Waals surface area contributed by atoms with Crippen LogP contribution in [-0.4, -0.2) is 121 Å². The molecule has 0 unspecified atom stereocenters. The van der Waals surface area contributed by atoms with Crippen molar-refractivity contribution in [3.63, 3.8) is 0 Å². The quantitative estimate of drug-likeness (QED) is 0.228. The minimum Gasteiger partial charge on any atom is -0.327 e. The molecule has 14 nitrogen and oxygen atoms in total. The molecule has 0 aliphatic carbocycles. The van der Waals surface area contributed by atoms with E-state index in [-0.39, 0.29) is 65.2 Å². The van der Waals surface area contributed by atoms with Gasteiger partial charge in [0.15, 0.2) is 0 Å². The second kappa shape index (κ2) is 8.22. The van der Waals surface area contributed by atoms with Gasteiger partial charge in [-0.25, -0.2) is 4.98 Å². The normalized spacial score (nSPS) is 13.0. The monoisotopic (exact) mass is 484 g/mol. The number of H-pyrrole nitrogens is 1. The number of fused-ring (bicyclic) bond motifs is 1. The molecule has 0 atom stereocenters. The minimum atomic E-state index is -5.69. The largest absolute Gasteiger partial charge is 0.328 e. The molecule has 0 saturated carbocycles. The van der Waals surface area contributed by atoms with Gasteiger partial charge in [0.1, 0.15) is 20.2 Å². The van der Waals surface area contributed by atoms with Crippen LogP contribution < -0.4 is 0 Å². The fourth-order valence-electron chi connectivity index (χ4n) is 1.86. The van der Waals surface area contributed by atoms with Gasteiger partial charge in [-0.2, -0.15) is 33.7 Å². The van der Waals surface area contributed by atoms with E-state index in [0.29, 0.717) is 0 Å². The van der Waals surface area contributed by atoms with E-state index in [1.165, 1.54) is 0 Å². The van der Waals surface area contributed by atoms with Crippen LogP contribution in [0.25, 0.3) is 11.0 Å². The van der Waals surface area contributed by atoms with Crippen LogP contribution in [0.3, 0.4) is 0 Å². The number of rotatable bonds is 4. The number of hydrogen-bond acceptors (Lipinski definition) is 9. The van der Waals surface area contributed by atoms with Crippen molar-refractivity contribution in [1.29, 1.82) is 0 Å². The number of benzene rings is 1. The fraction of sp³-hybridized carbons (Fsp3) is 0. The topological polar surface area (TPSA) is 246 Å². The maximum atomic E-state index is 11.5. The van der Waals surface area contributed by atoms with Crippen LogP contribution in [0.5, 0.6) is 0 Å². The van der Waals surface area contributed by atoms with Gasteiger partial charge in [0, 0.05) is 59.1 Å². The summed E-state index contributed by atoms with van der Waals surface area (Å²) in [6.07, 6.45) is 0. The molecule has 1 aromatic heterocycles. The van der Waals surface area contributed by atoms with Crippen LogP contribution >= 0.6 is 0 Å². The third-order valence-electron chi connectivity index (χ3n) is 2.67. The summed E-state index contributed by atoms with van der Waals surface area (Å²) in [5.74, 6) is 0. The summed E-state index contributed by atoms with van der Waals surface area (Å²) in [4.78, 5) is -0.656. The third-order valence-corrected chi connectivity index (χ3v) is 6.34. The van der Waals surface area contributed by atoms with Gasteiger partial charge in [0.25, 0.3) is 35.5 Å². The van der Waals surface area contributed by atoms with Crippen LogP contribution in [0.4, 0.5) is 0 Å². The van der Waals surface area contributed by atoms with Gasteiger partial charge in [-0.1, -0.05) is 0 Å². The van der Waals surface area contributed by atoms with Gasteiger partial charge in [-0.15, -0.1) is 0 Å². The van der Waals surface area contributed by atoms with Crippen molar-refractivity contribution in [2.45, 2.75) is 19.8 Å². The van der Waals surface area contributed by atoms with Crippen molar-refractivity contribution in [2.24, 2.45) is 0 Å². The van der Waals surface area contributed by atoms with E-state index < -0.39 is 71.3 Å². The average molecular weight is 484 g/mol. The van der Waals surface area contributed by atoms with Crippen molar-refractivity contribution in [3.8, 4) is 0 Å². The van der Waals surface area contributed by atoms with Gasteiger partial charge in [-0.05, 0) is 6.07 Å². The number of aromatic amines is 1. The maximum Gasteiger partial charge on any atom is 0.328 e. The smallest absolute Gasteiger partial charge is 0.327 e. The van der Waals surface area contributed by atoms with Gasteiger partial charge < -0.3 is 4.98 Å². The van der Waals surface area contributed by atoms with Crippen LogP contribution in [0.15, 0.2) is 25.9 Å². The predicted octanol–water partition coefficient (Wildman–Crippen LogP) is -2.21. The summed E-state index contributed by atoms with van der Waals surface area (Å²) in [6, 6.07) is 0.226. The van der Waals surface area contributed by atoms with Gasteiger partial charge >= 0.3 is 10.1 Å². The first-order valence-electron chi connectivity index (χ1n) is 5.40. The molecular weight excluding hydrogens is 478 g/mol. The molecular formula is C7H6N2Na2O12S4. The Morgan fingerprint density at radius 3 is 1.48 bits per heavy atom. The number of nitrogens with zero attached hydrogens (tertiary/aromatic N) is 1. The molecule has 0 bridgehead atoms. The van der Waals surface area contributed by atoms with Crippen LogP contribution in [0.2, 0.25) is 0 Å². The molecule has 20 heteroatoms. The molecule has 0 fully saturated rings. The summed E-state index contributed by atoms with van der Waals surface area (Å²) in [5.41, 5.74) is -1.96. The number of aromatic nitrogens is 2. The van der Waals surface area contributed by atoms with E-state index in [1.54, 1.807) is 4.98 Å². The van der Waals surface area contributed by atoms with Crippen molar-refractivity contribution >= 4 is 111 Å². The summed E-state index contributed by atoms with van der Waals surface area (Å²) >= 11 is 0. The molecule has 0 amide bonds. The van der Waals surface area contributed by atoms with Gasteiger partial charge in [0.2, 0.25) is 0 Å². The molecule has 2 aromatic rings. The summed E-state index contributed by atoms with van der Waals surface area (Å²) < 4.78 is 127. The molecule has 27 heavy (non-hydrogen) atoms. The Morgan fingerprint density at radius 2 is 1.15 bits per heavy atom. The molecule has 0 saturated heterocycles. The second-order valence-electron chi connectivity index (χ2n) is 4.37. The molecule has 0 aliphatic heterocycles. The standard InChI is InChI=1S/C7H6N2O12S4.2Na/c10-22(11,12)3-1-2-4(9-7(8-2)25(19,20)21)6(24(16,17)18)5(3)23(13,14)15;;/h1H,(H,8,9)(H,10,11,12)(H,13,14,15)(H,16,17,18)(H,19,20,21);;. The predicted molar refractivity (Wildman–Crippen MR) is 86.9 cm³/mol. The Bertz CT molecular complexity index is 1320. The van der Waals surface area contributed by atoms with Gasteiger partial charge in [0.05, 0.1) is 5.52 Å². The molecule has 2 rings (SSSR count). The zero-order chi connectivity index (χ0) is 19.6. The fourth-order valence-corrected chi connectivity index (χ4v) is 5.62. The van der Waals surface area contributed by atoms with E-state index >= 15 is 0 Å². The van der Waals surface area contributed by atoms with E-state index in [4.69, 9.17) is 13.7 Å². The molecule has 5 N–H and O–H groups in total. The summed E-state index contributed by atoms with van der Waals surface area (Å²) in [6.45, 7) is 0. The summed E-state index contributed by atoms with van der Waals surface area (Å²) in [5, 5.41) is -1.33. The Morgan fingerprint density at radius 1 is 0.704 bits per heavy atom. The molecule has 0 aliphatic rings. The number of nitrogens with one attached hydrogen (secondary N) is 1. The third kappa shape index (κ3) is 5.69. The first-order chi connectivity index (χ1) is 10.9. The first kappa shape index (κ1) is 27.3. The van der Waals surface area contributed by atoms with Gasteiger partial charge in [-0.3, -0.25) is 18.2 Å². The zero-order valence-electron chi connectivity index (χ0n) is 13.2. The van der Waals surface area contributed by atoms with Crippen molar-refractivity contribution in [2.75, 3.05) is 0 Å². The van der Waals surface area contributed by atoms with Crippen molar-refractivity contribution < 1.29 is 51.9 Å². The van der Waals surface area contributed by atoms with Crippen LogP contribution in [0.1, 0.15) is 0 Å². The SMILES string of the molecule is O=S(=O)(O)c1nc2c(S(=O)(=O)O)c(S(=O)(=O)O)c(S(=O)(=O)O)cc2[nH]1.[Na].[Na]. The first-order valence-corrected chi connectivity index (χ1v) is 11.2. The number of hydrogen-bond donors (Lipinski definition) is 5. The van der Waals surface area contributed by atoms with E-state index in [9.17, 15) is 38.2 Å². The van der Waals surface area contributed by atoms with Crippen molar-refractivity contribution in [1.82, 2.24) is 9.97 Å². The maximum absolute atomic E-state index is 11.5. The van der Waals surface area contributed by atoms with E-state index in [1.807, 2.05) is 0 Å². The molecule has 142 valence electrons. The zero-order valence-corrected chi connectivity index (χ0v) is 20.5. The number of imidazole rings is 1. The molecule has 1 heterocycles. The Balaban J connectivity index is 0.00000338. The Kier molecular flexibility index (Phi) is 8.32. The molecule has 0 spiro atoms. The van der Waals surface area contributed by atoms with E-state index in [0.717, 1.165) is 0 Å². The summed E-state index contributed by atoms with van der Waals surface area (Å²) in [7, 11) is -21.9. The van der Waals surface area contributed by atoms with Crippen molar-refractivity contribution in [3.05, 3.63) is 6.07 Å². The molecule has 1 aromatic carbocycles. The Hall–Kier alpha value is 0.330. The average Bonchev–Trinajstić information content (AvgIpc) is 2.75. The van der Waals surface area contributed by atoms with Crippen LogP contribution in [-0.2, 0) is 40.5 Å². The second-order valence-corrected chi connectivity index (χ2v) is 9.81. The Labute approximate surface area is 196 Å². The van der Waals surface area contributed by atoms with E-state index in [2.05, 4.69) is 4.98 Å². The minimum absolute atomic E-state index is 0.